The second-order valence-corrected chi connectivity index (χ2v) is 8.13. The van der Waals surface area contributed by atoms with E-state index in [2.05, 4.69) is 42.3 Å². The van der Waals surface area contributed by atoms with Crippen molar-refractivity contribution >= 4 is 34.4 Å². The van der Waals surface area contributed by atoms with E-state index in [1.54, 1.807) is 6.20 Å². The van der Waals surface area contributed by atoms with Crippen molar-refractivity contribution in [1.29, 1.82) is 0 Å². The maximum atomic E-state index is 13.1. The summed E-state index contributed by atoms with van der Waals surface area (Å²) in [4.78, 5) is 16.3. The lowest BCUT2D eigenvalue weighted by Gasteiger charge is -2.12. The molecule has 0 saturated heterocycles. The highest BCUT2D eigenvalue weighted by Gasteiger charge is 2.25. The number of amides is 1. The number of anilines is 1. The molecule has 4 aromatic rings. The Hall–Kier alpha value is -2.99. The average Bonchev–Trinajstić information content (AvgIpc) is 3.39. The number of para-hydroxylation sites is 1. The number of aromatic amines is 1. The zero-order valence-electron chi connectivity index (χ0n) is 15.7. The highest BCUT2D eigenvalue weighted by molar-refractivity contribution is 7.98. The van der Waals surface area contributed by atoms with Crippen LogP contribution in [0, 0.1) is 13.8 Å². The Labute approximate surface area is 167 Å². The lowest BCUT2D eigenvalue weighted by molar-refractivity contribution is 0.102. The fourth-order valence-electron chi connectivity index (χ4n) is 3.62. The number of benzene rings is 2. The molecule has 140 valence electrons. The molecule has 1 aliphatic rings. The lowest BCUT2D eigenvalue weighted by Crippen LogP contribution is -2.16. The van der Waals surface area contributed by atoms with Gasteiger partial charge in [0.15, 0.2) is 0 Å². The molecule has 2 aromatic heterocycles. The largest absolute Gasteiger partial charge is 0.360 e. The van der Waals surface area contributed by atoms with E-state index in [0.717, 1.165) is 45.2 Å². The molecule has 1 amide bonds. The molecule has 0 atom stereocenters. The van der Waals surface area contributed by atoms with Gasteiger partial charge < -0.3 is 10.3 Å². The molecule has 1 aliphatic heterocycles. The Balaban J connectivity index is 1.57. The van der Waals surface area contributed by atoms with E-state index in [1.807, 2.05) is 40.7 Å². The second kappa shape index (κ2) is 6.56. The fourth-order valence-corrected chi connectivity index (χ4v) is 4.65. The standard InChI is InChI=1S/C22H20N4OS/c1-13-7-8-15(9-14(13)2)26-21(18-11-28-12-20(18)25-26)24-22(27)17-10-23-19-6-4-3-5-16(17)19/h3-10,23H,11-12H2,1-2H3,(H,24,27). The van der Waals surface area contributed by atoms with Crippen molar-refractivity contribution < 1.29 is 4.79 Å². The molecule has 6 heteroatoms. The molecule has 5 rings (SSSR count). The number of hydrogen-bond donors (Lipinski definition) is 2. The predicted octanol–water partition coefficient (Wildman–Crippen LogP) is 4.97. The summed E-state index contributed by atoms with van der Waals surface area (Å²) in [6, 6.07) is 14.1. The number of rotatable bonds is 3. The molecular formula is C22H20N4OS. The molecule has 0 saturated carbocycles. The highest BCUT2D eigenvalue weighted by atomic mass is 32.2. The quantitative estimate of drug-likeness (QED) is 0.521. The molecule has 0 fully saturated rings. The first-order chi connectivity index (χ1) is 13.6. The van der Waals surface area contributed by atoms with Crippen LogP contribution in [0.1, 0.15) is 32.7 Å². The summed E-state index contributed by atoms with van der Waals surface area (Å²) in [5.74, 6) is 2.40. The average molecular weight is 388 g/mol. The van der Waals surface area contributed by atoms with E-state index >= 15 is 0 Å². The van der Waals surface area contributed by atoms with E-state index in [-0.39, 0.29) is 5.91 Å². The number of aromatic nitrogens is 3. The highest BCUT2D eigenvalue weighted by Crippen LogP contribution is 2.36. The van der Waals surface area contributed by atoms with Crippen molar-refractivity contribution in [2.75, 3.05) is 5.32 Å². The van der Waals surface area contributed by atoms with Gasteiger partial charge in [-0.3, -0.25) is 4.79 Å². The smallest absolute Gasteiger partial charge is 0.258 e. The van der Waals surface area contributed by atoms with Crippen molar-refractivity contribution in [3.05, 3.63) is 76.6 Å². The van der Waals surface area contributed by atoms with Crippen LogP contribution in [-0.2, 0) is 11.5 Å². The monoisotopic (exact) mass is 388 g/mol. The molecule has 0 spiro atoms. The van der Waals surface area contributed by atoms with E-state index < -0.39 is 0 Å². The normalized spacial score (nSPS) is 13.1. The molecule has 3 heterocycles. The number of H-pyrrole nitrogens is 1. The van der Waals surface area contributed by atoms with Gasteiger partial charge in [0, 0.05) is 34.2 Å². The van der Waals surface area contributed by atoms with Gasteiger partial charge in [-0.2, -0.15) is 16.9 Å². The van der Waals surface area contributed by atoms with E-state index in [4.69, 9.17) is 5.10 Å². The summed E-state index contributed by atoms with van der Waals surface area (Å²) in [6.07, 6.45) is 1.77. The van der Waals surface area contributed by atoms with E-state index in [9.17, 15) is 4.79 Å². The van der Waals surface area contributed by atoms with Gasteiger partial charge in [-0.05, 0) is 43.2 Å². The van der Waals surface area contributed by atoms with Crippen molar-refractivity contribution in [1.82, 2.24) is 14.8 Å². The number of nitrogens with one attached hydrogen (secondary N) is 2. The Bertz CT molecular complexity index is 1220. The van der Waals surface area contributed by atoms with Gasteiger partial charge in [-0.25, -0.2) is 4.68 Å². The predicted molar refractivity (Wildman–Crippen MR) is 114 cm³/mol. The minimum atomic E-state index is -0.123. The number of carbonyl (C=O) groups excluding carboxylic acids is 1. The lowest BCUT2D eigenvalue weighted by atomic mass is 10.1. The summed E-state index contributed by atoms with van der Waals surface area (Å²) in [7, 11) is 0. The number of carbonyl (C=O) groups is 1. The van der Waals surface area contributed by atoms with Gasteiger partial charge >= 0.3 is 0 Å². The molecule has 0 unspecified atom stereocenters. The third-order valence-electron chi connectivity index (χ3n) is 5.35. The van der Waals surface area contributed by atoms with Crippen LogP contribution in [0.15, 0.2) is 48.7 Å². The first-order valence-electron chi connectivity index (χ1n) is 9.25. The van der Waals surface area contributed by atoms with Crippen LogP contribution in [0.25, 0.3) is 16.6 Å². The van der Waals surface area contributed by atoms with Gasteiger partial charge in [-0.15, -0.1) is 0 Å². The van der Waals surface area contributed by atoms with Crippen LogP contribution in [0.4, 0.5) is 5.82 Å². The van der Waals surface area contributed by atoms with Crippen molar-refractivity contribution in [2.24, 2.45) is 0 Å². The molecule has 5 nitrogen and oxygen atoms in total. The number of nitrogens with zero attached hydrogens (tertiary/aromatic N) is 2. The first-order valence-corrected chi connectivity index (χ1v) is 10.4. The Kier molecular flexibility index (Phi) is 4.02. The van der Waals surface area contributed by atoms with Crippen molar-refractivity contribution in [2.45, 2.75) is 25.4 Å². The molecule has 2 N–H and O–H groups in total. The van der Waals surface area contributed by atoms with Gasteiger partial charge in [0.25, 0.3) is 5.91 Å². The Morgan fingerprint density at radius 3 is 2.86 bits per heavy atom. The summed E-state index contributed by atoms with van der Waals surface area (Å²) in [5.41, 5.74) is 7.18. The zero-order chi connectivity index (χ0) is 19.3. The van der Waals surface area contributed by atoms with Crippen molar-refractivity contribution in [3.63, 3.8) is 0 Å². The number of thioether (sulfide) groups is 1. The number of hydrogen-bond acceptors (Lipinski definition) is 3. The number of fused-ring (bicyclic) bond motifs is 2. The summed E-state index contributed by atoms with van der Waals surface area (Å²) < 4.78 is 1.88. The third kappa shape index (κ3) is 2.72. The minimum absolute atomic E-state index is 0.123. The molecule has 2 aromatic carbocycles. The summed E-state index contributed by atoms with van der Waals surface area (Å²) in [5, 5.41) is 8.87. The van der Waals surface area contributed by atoms with E-state index in [1.165, 1.54) is 11.1 Å². The van der Waals surface area contributed by atoms with Crippen LogP contribution >= 0.6 is 11.8 Å². The molecule has 0 bridgehead atoms. The van der Waals surface area contributed by atoms with Crippen LogP contribution in [0.3, 0.4) is 0 Å². The first kappa shape index (κ1) is 17.1. The van der Waals surface area contributed by atoms with Gasteiger partial charge in [0.1, 0.15) is 5.82 Å². The maximum absolute atomic E-state index is 13.1. The Morgan fingerprint density at radius 2 is 2.00 bits per heavy atom. The summed E-state index contributed by atoms with van der Waals surface area (Å²) in [6.45, 7) is 4.19. The fraction of sp³-hybridized carbons (Fsp3) is 0.182. The van der Waals surface area contributed by atoms with Crippen LogP contribution in [-0.4, -0.2) is 20.7 Å². The second-order valence-electron chi connectivity index (χ2n) is 7.15. The van der Waals surface area contributed by atoms with Gasteiger partial charge in [0.2, 0.25) is 0 Å². The molecule has 0 aliphatic carbocycles. The van der Waals surface area contributed by atoms with Gasteiger partial charge in [0.05, 0.1) is 16.9 Å². The maximum Gasteiger partial charge on any atom is 0.258 e. The SMILES string of the molecule is Cc1ccc(-n2nc3c(c2NC(=O)c2c[nH]c4ccccc24)CSC3)cc1C. The topological polar surface area (TPSA) is 62.7 Å². The van der Waals surface area contributed by atoms with Crippen molar-refractivity contribution in [3.8, 4) is 5.69 Å². The summed E-state index contributed by atoms with van der Waals surface area (Å²) >= 11 is 1.83. The third-order valence-corrected chi connectivity index (χ3v) is 6.32. The molecule has 28 heavy (non-hydrogen) atoms. The Morgan fingerprint density at radius 1 is 1.14 bits per heavy atom. The van der Waals surface area contributed by atoms with E-state index in [0.29, 0.717) is 5.56 Å². The number of aryl methyl sites for hydroxylation is 2. The van der Waals surface area contributed by atoms with Gasteiger partial charge in [-0.1, -0.05) is 24.3 Å². The zero-order valence-corrected chi connectivity index (χ0v) is 16.6. The minimum Gasteiger partial charge on any atom is -0.360 e. The molecular weight excluding hydrogens is 368 g/mol. The molecule has 0 radical (unpaired) electrons. The van der Waals surface area contributed by atoms with Crippen LogP contribution in [0.2, 0.25) is 0 Å². The van der Waals surface area contributed by atoms with Crippen LogP contribution in [0.5, 0.6) is 0 Å². The van der Waals surface area contributed by atoms with Crippen LogP contribution < -0.4 is 5.32 Å².